The van der Waals surface area contributed by atoms with Crippen LogP contribution in [0.4, 0.5) is 0 Å². The molecule has 104 valence electrons. The Hall–Kier alpha value is -1.62. The number of oxazole rings is 1. The number of nitrogens with zero attached hydrogens (tertiary/aromatic N) is 3. The second-order valence-corrected chi connectivity index (χ2v) is 4.73. The van der Waals surface area contributed by atoms with Crippen LogP contribution < -0.4 is 5.32 Å². The minimum atomic E-state index is 0.503. The Morgan fingerprint density at radius 2 is 2.11 bits per heavy atom. The van der Waals surface area contributed by atoms with E-state index >= 15 is 0 Å². The number of hydrogen-bond acceptors (Lipinski definition) is 4. The van der Waals surface area contributed by atoms with E-state index in [-0.39, 0.29) is 0 Å². The van der Waals surface area contributed by atoms with E-state index in [9.17, 15) is 0 Å². The lowest BCUT2D eigenvalue weighted by Crippen LogP contribution is -2.14. The molecule has 0 aliphatic carbocycles. The molecule has 0 radical (unpaired) electrons. The van der Waals surface area contributed by atoms with Crippen molar-refractivity contribution in [2.24, 2.45) is 0 Å². The summed E-state index contributed by atoms with van der Waals surface area (Å²) in [6, 6.07) is 2.56. The Bertz CT molecular complexity index is 499. The highest BCUT2D eigenvalue weighted by molar-refractivity contribution is 5.00. The lowest BCUT2D eigenvalue weighted by molar-refractivity contribution is 0.421. The van der Waals surface area contributed by atoms with Crippen molar-refractivity contribution in [3.05, 3.63) is 35.8 Å². The van der Waals surface area contributed by atoms with E-state index in [2.05, 4.69) is 46.2 Å². The van der Waals surface area contributed by atoms with Gasteiger partial charge in [-0.25, -0.2) is 4.98 Å². The number of hydrogen-bond donors (Lipinski definition) is 1. The zero-order chi connectivity index (χ0) is 13.7. The van der Waals surface area contributed by atoms with Gasteiger partial charge in [0.25, 0.3) is 0 Å². The van der Waals surface area contributed by atoms with Crippen LogP contribution in [0, 0.1) is 6.92 Å². The van der Waals surface area contributed by atoms with Crippen LogP contribution in [-0.4, -0.2) is 14.8 Å². The predicted octanol–water partition coefficient (Wildman–Crippen LogP) is 2.83. The van der Waals surface area contributed by atoms with E-state index < -0.39 is 0 Å². The molecule has 1 N–H and O–H groups in total. The van der Waals surface area contributed by atoms with Crippen molar-refractivity contribution >= 4 is 0 Å². The summed E-state index contributed by atoms with van der Waals surface area (Å²) in [7, 11) is 0. The lowest BCUT2D eigenvalue weighted by Gasteiger charge is -2.12. The molecule has 0 atom stereocenters. The van der Waals surface area contributed by atoms with Crippen LogP contribution in [0.15, 0.2) is 22.9 Å². The van der Waals surface area contributed by atoms with Crippen LogP contribution in [0.25, 0.3) is 0 Å². The molecule has 0 aliphatic rings. The normalized spacial score (nSPS) is 11.4. The zero-order valence-corrected chi connectivity index (χ0v) is 11.9. The van der Waals surface area contributed by atoms with E-state index in [0.717, 1.165) is 36.7 Å². The molecule has 0 saturated heterocycles. The molecule has 5 heteroatoms. The average Bonchev–Trinajstić information content (AvgIpc) is 3.01. The number of rotatable bonds is 7. The topological polar surface area (TPSA) is 55.9 Å². The Kier molecular flexibility index (Phi) is 4.74. The van der Waals surface area contributed by atoms with Crippen molar-refractivity contribution in [2.45, 2.75) is 52.7 Å². The minimum Gasteiger partial charge on any atom is -0.445 e. The van der Waals surface area contributed by atoms with Gasteiger partial charge in [-0.3, -0.25) is 4.68 Å². The first kappa shape index (κ1) is 13.8. The molecular formula is C14H22N4O. The van der Waals surface area contributed by atoms with Crippen molar-refractivity contribution in [3.8, 4) is 0 Å². The van der Waals surface area contributed by atoms with E-state index in [1.807, 2.05) is 6.92 Å². The van der Waals surface area contributed by atoms with Gasteiger partial charge in [-0.15, -0.1) is 0 Å². The molecule has 19 heavy (non-hydrogen) atoms. The third-order valence-corrected chi connectivity index (χ3v) is 3.23. The summed E-state index contributed by atoms with van der Waals surface area (Å²) in [5, 5.41) is 7.88. The third kappa shape index (κ3) is 3.67. The Morgan fingerprint density at radius 1 is 1.32 bits per heavy atom. The first-order valence-electron chi connectivity index (χ1n) is 6.89. The highest BCUT2D eigenvalue weighted by Gasteiger charge is 2.08. The van der Waals surface area contributed by atoms with Gasteiger partial charge >= 0.3 is 0 Å². The maximum Gasteiger partial charge on any atom is 0.208 e. The van der Waals surface area contributed by atoms with Gasteiger partial charge in [-0.2, -0.15) is 5.10 Å². The maximum absolute atomic E-state index is 5.40. The molecule has 2 heterocycles. The van der Waals surface area contributed by atoms with Crippen LogP contribution >= 0.6 is 0 Å². The van der Waals surface area contributed by atoms with Crippen molar-refractivity contribution in [2.75, 3.05) is 0 Å². The summed E-state index contributed by atoms with van der Waals surface area (Å²) in [5.41, 5.74) is 1.05. The van der Waals surface area contributed by atoms with Gasteiger partial charge in [0.15, 0.2) is 0 Å². The SMILES string of the molecule is CCC(CC)n1ccc(CNCc2ncc(C)o2)n1. The van der Waals surface area contributed by atoms with Crippen LogP contribution in [0.1, 0.15) is 50.1 Å². The first-order valence-corrected chi connectivity index (χ1v) is 6.89. The van der Waals surface area contributed by atoms with Crippen LogP contribution in [0.2, 0.25) is 0 Å². The Labute approximate surface area is 114 Å². The van der Waals surface area contributed by atoms with Gasteiger partial charge in [-0.1, -0.05) is 13.8 Å². The third-order valence-electron chi connectivity index (χ3n) is 3.23. The molecule has 0 fully saturated rings. The summed E-state index contributed by atoms with van der Waals surface area (Å²) < 4.78 is 7.46. The van der Waals surface area contributed by atoms with Crippen LogP contribution in [0.3, 0.4) is 0 Å². The summed E-state index contributed by atoms with van der Waals surface area (Å²) >= 11 is 0. The van der Waals surface area contributed by atoms with E-state index in [0.29, 0.717) is 12.6 Å². The Morgan fingerprint density at radius 3 is 2.74 bits per heavy atom. The molecule has 2 rings (SSSR count). The molecule has 0 bridgehead atoms. The van der Waals surface area contributed by atoms with Crippen LogP contribution in [-0.2, 0) is 13.1 Å². The molecule has 2 aromatic heterocycles. The van der Waals surface area contributed by atoms with Gasteiger partial charge in [-0.05, 0) is 25.8 Å². The maximum atomic E-state index is 5.40. The molecule has 2 aromatic rings. The van der Waals surface area contributed by atoms with E-state index in [1.54, 1.807) is 6.20 Å². The standard InChI is InChI=1S/C14H22N4O/c1-4-13(5-2)18-7-6-12(17-18)9-15-10-14-16-8-11(3)19-14/h6-8,13,15H,4-5,9-10H2,1-3H3. The number of aryl methyl sites for hydroxylation is 1. The van der Waals surface area contributed by atoms with E-state index in [4.69, 9.17) is 4.42 Å². The molecule has 5 nitrogen and oxygen atoms in total. The summed E-state index contributed by atoms with van der Waals surface area (Å²) in [5.74, 6) is 1.56. The Balaban J connectivity index is 1.83. The highest BCUT2D eigenvalue weighted by Crippen LogP contribution is 2.14. The lowest BCUT2D eigenvalue weighted by atomic mass is 10.2. The predicted molar refractivity (Wildman–Crippen MR) is 73.6 cm³/mol. The molecule has 0 unspecified atom stereocenters. The second-order valence-electron chi connectivity index (χ2n) is 4.73. The summed E-state index contributed by atoms with van der Waals surface area (Å²) in [6.45, 7) is 7.64. The second kappa shape index (κ2) is 6.52. The van der Waals surface area contributed by atoms with Gasteiger partial charge in [0.05, 0.1) is 24.5 Å². The molecule has 0 spiro atoms. The number of aromatic nitrogens is 3. The van der Waals surface area contributed by atoms with E-state index in [1.165, 1.54) is 0 Å². The summed E-state index contributed by atoms with van der Waals surface area (Å²) in [4.78, 5) is 4.15. The molecular weight excluding hydrogens is 240 g/mol. The van der Waals surface area contributed by atoms with Crippen molar-refractivity contribution in [1.29, 1.82) is 0 Å². The fourth-order valence-corrected chi connectivity index (χ4v) is 2.12. The largest absolute Gasteiger partial charge is 0.445 e. The van der Waals surface area contributed by atoms with Crippen molar-refractivity contribution in [3.63, 3.8) is 0 Å². The highest BCUT2D eigenvalue weighted by atomic mass is 16.4. The van der Waals surface area contributed by atoms with Crippen molar-refractivity contribution in [1.82, 2.24) is 20.1 Å². The van der Waals surface area contributed by atoms with Gasteiger partial charge in [0.2, 0.25) is 5.89 Å². The average molecular weight is 262 g/mol. The van der Waals surface area contributed by atoms with Crippen molar-refractivity contribution < 1.29 is 4.42 Å². The first-order chi connectivity index (χ1) is 9.22. The minimum absolute atomic E-state index is 0.503. The van der Waals surface area contributed by atoms with Gasteiger partial charge in [0, 0.05) is 12.7 Å². The quantitative estimate of drug-likeness (QED) is 0.833. The summed E-state index contributed by atoms with van der Waals surface area (Å²) in [6.07, 6.45) is 6.02. The zero-order valence-electron chi connectivity index (χ0n) is 11.9. The fourth-order valence-electron chi connectivity index (χ4n) is 2.12. The van der Waals surface area contributed by atoms with Gasteiger partial charge in [0.1, 0.15) is 5.76 Å². The molecule has 0 aromatic carbocycles. The number of nitrogens with one attached hydrogen (secondary N) is 1. The van der Waals surface area contributed by atoms with Gasteiger partial charge < -0.3 is 9.73 Å². The molecule has 0 aliphatic heterocycles. The fraction of sp³-hybridized carbons (Fsp3) is 0.571. The molecule has 0 saturated carbocycles. The van der Waals surface area contributed by atoms with Crippen LogP contribution in [0.5, 0.6) is 0 Å². The monoisotopic (exact) mass is 262 g/mol. The molecule has 0 amide bonds. The smallest absolute Gasteiger partial charge is 0.208 e.